The summed E-state index contributed by atoms with van der Waals surface area (Å²) in [6.07, 6.45) is 14.3. The molecule has 0 atom stereocenters. The van der Waals surface area contributed by atoms with Gasteiger partial charge in [0.1, 0.15) is 0 Å². The Hall–Kier alpha value is -2.61. The van der Waals surface area contributed by atoms with E-state index in [-0.39, 0.29) is 11.5 Å². The molecule has 0 unspecified atom stereocenters. The maximum atomic E-state index is 12.2. The standard InChI is InChI=1S/C24H28O2/c1-3-20-15-16-22(14-13-19(2)17-20)18-24(26)23(25)12-8-7-11-21-9-5-4-6-10-21/h3-6,9-10,15-18,26H,1,7-8,11-14H2,2H3/b19-17+,20-15-,22-16+,24-18-. The van der Waals surface area contributed by atoms with Crippen LogP contribution in [0, 0.1) is 0 Å². The lowest BCUT2D eigenvalue weighted by molar-refractivity contribution is -0.118. The molecule has 136 valence electrons. The van der Waals surface area contributed by atoms with E-state index in [1.165, 1.54) is 11.1 Å². The molecule has 0 aliphatic heterocycles. The third kappa shape index (κ3) is 6.72. The van der Waals surface area contributed by atoms with Crippen LogP contribution in [0.4, 0.5) is 0 Å². The normalized spacial score (nSPS) is 21.3. The van der Waals surface area contributed by atoms with Gasteiger partial charge in [0.25, 0.3) is 0 Å². The Morgan fingerprint density at radius 1 is 1.15 bits per heavy atom. The van der Waals surface area contributed by atoms with Crippen molar-refractivity contribution in [3.8, 4) is 0 Å². The first-order chi connectivity index (χ1) is 12.6. The van der Waals surface area contributed by atoms with Crippen LogP contribution in [0.5, 0.6) is 0 Å². The van der Waals surface area contributed by atoms with Crippen LogP contribution in [0.15, 0.2) is 89.8 Å². The Morgan fingerprint density at radius 3 is 2.65 bits per heavy atom. The monoisotopic (exact) mass is 348 g/mol. The molecular weight excluding hydrogens is 320 g/mol. The van der Waals surface area contributed by atoms with Gasteiger partial charge in [-0.05, 0) is 61.8 Å². The Kier molecular flexibility index (Phi) is 7.88. The molecule has 0 radical (unpaired) electrons. The lowest BCUT2D eigenvalue weighted by atomic mass is 9.98. The number of carbonyl (C=O) groups excluding carboxylic acids is 1. The van der Waals surface area contributed by atoms with Crippen molar-refractivity contribution in [3.63, 3.8) is 0 Å². The second-order valence-electron chi connectivity index (χ2n) is 6.75. The molecule has 1 aliphatic carbocycles. The number of hydrogen-bond donors (Lipinski definition) is 1. The first-order valence-electron chi connectivity index (χ1n) is 9.26. The predicted molar refractivity (Wildman–Crippen MR) is 109 cm³/mol. The van der Waals surface area contributed by atoms with E-state index in [4.69, 9.17) is 0 Å². The maximum Gasteiger partial charge on any atom is 0.197 e. The van der Waals surface area contributed by atoms with E-state index in [9.17, 15) is 9.90 Å². The molecule has 0 bridgehead atoms. The molecular formula is C24H28O2. The number of aliphatic hydroxyl groups is 1. The van der Waals surface area contributed by atoms with E-state index >= 15 is 0 Å². The van der Waals surface area contributed by atoms with Crippen molar-refractivity contribution in [2.24, 2.45) is 0 Å². The molecule has 26 heavy (non-hydrogen) atoms. The lowest BCUT2D eigenvalue weighted by Crippen LogP contribution is -2.03. The van der Waals surface area contributed by atoms with Gasteiger partial charge in [-0.15, -0.1) is 0 Å². The van der Waals surface area contributed by atoms with Gasteiger partial charge < -0.3 is 5.11 Å². The molecule has 0 aromatic heterocycles. The SMILES string of the molecule is C=CC1=C/C=C(/C=C(\O)C(=O)CCCCc2ccccc2)CC\C(C)=C\1. The Bertz CT molecular complexity index is 746. The van der Waals surface area contributed by atoms with Crippen molar-refractivity contribution in [1.29, 1.82) is 0 Å². The van der Waals surface area contributed by atoms with Crippen molar-refractivity contribution in [2.45, 2.75) is 45.4 Å². The van der Waals surface area contributed by atoms with Gasteiger partial charge in [-0.25, -0.2) is 0 Å². The van der Waals surface area contributed by atoms with Gasteiger partial charge in [0.2, 0.25) is 0 Å². The third-order valence-electron chi connectivity index (χ3n) is 4.52. The fourth-order valence-corrected chi connectivity index (χ4v) is 2.92. The number of benzene rings is 1. The van der Waals surface area contributed by atoms with Gasteiger partial charge in [0, 0.05) is 6.42 Å². The zero-order chi connectivity index (χ0) is 18.8. The molecule has 2 rings (SSSR count). The van der Waals surface area contributed by atoms with Crippen molar-refractivity contribution in [3.05, 3.63) is 95.3 Å². The van der Waals surface area contributed by atoms with Crippen LogP contribution in [-0.2, 0) is 11.2 Å². The fourth-order valence-electron chi connectivity index (χ4n) is 2.92. The van der Waals surface area contributed by atoms with Crippen LogP contribution >= 0.6 is 0 Å². The van der Waals surface area contributed by atoms with Crippen LogP contribution in [0.25, 0.3) is 0 Å². The highest BCUT2D eigenvalue weighted by Gasteiger charge is 2.09. The van der Waals surface area contributed by atoms with Gasteiger partial charge >= 0.3 is 0 Å². The summed E-state index contributed by atoms with van der Waals surface area (Å²) in [5.41, 5.74) is 4.56. The number of carbonyl (C=O) groups is 1. The smallest absolute Gasteiger partial charge is 0.197 e. The molecule has 0 spiro atoms. The third-order valence-corrected chi connectivity index (χ3v) is 4.52. The van der Waals surface area contributed by atoms with Crippen LogP contribution < -0.4 is 0 Å². The molecule has 0 heterocycles. The van der Waals surface area contributed by atoms with Gasteiger partial charge in [0.05, 0.1) is 0 Å². The summed E-state index contributed by atoms with van der Waals surface area (Å²) in [6, 6.07) is 10.3. The van der Waals surface area contributed by atoms with Gasteiger partial charge in [-0.2, -0.15) is 0 Å². The van der Waals surface area contributed by atoms with E-state index in [1.807, 2.05) is 36.4 Å². The Labute approximate surface area is 157 Å². The Morgan fingerprint density at radius 2 is 1.92 bits per heavy atom. The zero-order valence-corrected chi connectivity index (χ0v) is 15.6. The second kappa shape index (κ2) is 10.4. The minimum absolute atomic E-state index is 0.133. The molecule has 1 aromatic carbocycles. The molecule has 1 aromatic rings. The topological polar surface area (TPSA) is 37.3 Å². The second-order valence-corrected chi connectivity index (χ2v) is 6.75. The van der Waals surface area contributed by atoms with Crippen molar-refractivity contribution >= 4 is 5.78 Å². The van der Waals surface area contributed by atoms with E-state index in [0.29, 0.717) is 6.42 Å². The molecule has 0 saturated carbocycles. The minimum Gasteiger partial charge on any atom is -0.504 e. The minimum atomic E-state index is -0.179. The number of ketones is 1. The maximum absolute atomic E-state index is 12.2. The predicted octanol–water partition coefficient (Wildman–Crippen LogP) is 6.19. The highest BCUT2D eigenvalue weighted by molar-refractivity contribution is 5.93. The average molecular weight is 348 g/mol. The number of unbranched alkanes of at least 4 members (excludes halogenated alkanes) is 1. The molecule has 1 N–H and O–H groups in total. The Balaban J connectivity index is 1.87. The van der Waals surface area contributed by atoms with E-state index in [1.54, 1.807) is 6.08 Å². The van der Waals surface area contributed by atoms with Gasteiger partial charge in [-0.3, -0.25) is 4.79 Å². The van der Waals surface area contributed by atoms with Crippen LogP contribution in [0.3, 0.4) is 0 Å². The van der Waals surface area contributed by atoms with E-state index < -0.39 is 0 Å². The number of allylic oxidation sites excluding steroid dienone is 9. The summed E-state index contributed by atoms with van der Waals surface area (Å²) in [4.78, 5) is 12.2. The average Bonchev–Trinajstić information content (AvgIpc) is 2.65. The first-order valence-corrected chi connectivity index (χ1v) is 9.26. The van der Waals surface area contributed by atoms with Crippen molar-refractivity contribution < 1.29 is 9.90 Å². The van der Waals surface area contributed by atoms with Gasteiger partial charge in [0.15, 0.2) is 11.5 Å². The number of hydrogen-bond acceptors (Lipinski definition) is 2. The molecule has 2 nitrogen and oxygen atoms in total. The molecule has 0 amide bonds. The fraction of sp³-hybridized carbons (Fsp3) is 0.292. The quantitative estimate of drug-likeness (QED) is 0.345. The summed E-state index contributed by atoms with van der Waals surface area (Å²) < 4.78 is 0. The summed E-state index contributed by atoms with van der Waals surface area (Å²) in [5, 5.41) is 10.2. The molecule has 0 fully saturated rings. The van der Waals surface area contributed by atoms with Crippen molar-refractivity contribution in [2.75, 3.05) is 0 Å². The summed E-state index contributed by atoms with van der Waals surface area (Å²) in [7, 11) is 0. The number of rotatable bonds is 8. The summed E-state index contributed by atoms with van der Waals surface area (Å²) in [5.74, 6) is -0.312. The number of Topliss-reactive ketones (excluding diaryl/α,β-unsaturated/α-hetero) is 1. The largest absolute Gasteiger partial charge is 0.504 e. The highest BCUT2D eigenvalue weighted by Crippen LogP contribution is 2.20. The molecule has 0 saturated heterocycles. The first kappa shape index (κ1) is 19.7. The highest BCUT2D eigenvalue weighted by atomic mass is 16.3. The summed E-state index contributed by atoms with van der Waals surface area (Å²) >= 11 is 0. The number of aliphatic hydroxyl groups excluding tert-OH is 1. The van der Waals surface area contributed by atoms with E-state index in [0.717, 1.165) is 43.3 Å². The number of aryl methyl sites for hydroxylation is 1. The van der Waals surface area contributed by atoms with Crippen LogP contribution in [0.2, 0.25) is 0 Å². The van der Waals surface area contributed by atoms with Crippen LogP contribution in [0.1, 0.15) is 44.6 Å². The van der Waals surface area contributed by atoms with E-state index in [2.05, 4.69) is 31.7 Å². The lowest BCUT2D eigenvalue weighted by Gasteiger charge is -2.08. The van der Waals surface area contributed by atoms with Crippen LogP contribution in [-0.4, -0.2) is 10.9 Å². The molecule has 1 aliphatic rings. The van der Waals surface area contributed by atoms with Gasteiger partial charge in [-0.1, -0.05) is 66.8 Å². The van der Waals surface area contributed by atoms with Crippen molar-refractivity contribution in [1.82, 2.24) is 0 Å². The summed E-state index contributed by atoms with van der Waals surface area (Å²) in [6.45, 7) is 5.89. The zero-order valence-electron chi connectivity index (χ0n) is 15.6. The molecule has 2 heteroatoms.